The topological polar surface area (TPSA) is 236 Å². The lowest BCUT2D eigenvalue weighted by Crippen LogP contribution is -2.70. The highest BCUT2D eigenvalue weighted by atomic mass is 19.1. The lowest BCUT2D eigenvalue weighted by Gasteiger charge is -2.62. The molecule has 18 heteroatoms. The van der Waals surface area contributed by atoms with E-state index in [1.54, 1.807) is 62.3 Å². The number of halogens is 1. The van der Waals surface area contributed by atoms with Crippen molar-refractivity contribution in [2.45, 2.75) is 180 Å². The molecule has 5 fully saturated rings. The molecule has 63 heavy (non-hydrogen) atoms. The number of ketones is 2. The number of hydrogen-bond donors (Lipinski definition) is 5. The summed E-state index contributed by atoms with van der Waals surface area (Å²) in [6.45, 7) is 17.9. The Kier molecular flexibility index (Phi) is 12.7. The van der Waals surface area contributed by atoms with Gasteiger partial charge in [-0.15, -0.1) is 0 Å². The van der Waals surface area contributed by atoms with Crippen molar-refractivity contribution in [3.63, 3.8) is 0 Å². The van der Waals surface area contributed by atoms with Crippen LogP contribution >= 0.6 is 0 Å². The molecule has 0 radical (unpaired) electrons. The summed E-state index contributed by atoms with van der Waals surface area (Å²) in [6.07, 6.45) is -0.394. The molecular weight excluding hydrogens is 824 g/mol. The maximum absolute atomic E-state index is 17.9. The number of fused-ring (bicyclic) bond motifs is 7. The van der Waals surface area contributed by atoms with Crippen molar-refractivity contribution in [1.82, 2.24) is 20.9 Å². The van der Waals surface area contributed by atoms with Gasteiger partial charge in [-0.1, -0.05) is 32.4 Å². The standard InChI is InChI=1S/C45H65FN4O13/c1-22(2)32(49-35(55)29-13-12-18-50(29)36(56)24(4)47-34(54)23(3)48-39(59)62-40(5,6)7)37(57)60-38(58)33(53)45-31(61-41(8,9)63-45)20-28-27-15-14-25-19-26(51)16-17-42(25,10)44(27,46)30(52)21-43(28,45)11/h16-17,19,22-24,27-32,38,52,58H,12-15,18,20-21H2,1-11H3,(H,47,54)(H,48,59)(H,49,55)/t23-,24-,27?,28?,29-,30-,31?,32-,38?,42-,43-,44?,45-/m0/s1. The Morgan fingerprint density at radius 1 is 0.968 bits per heavy atom. The monoisotopic (exact) mass is 888 g/mol. The van der Waals surface area contributed by atoms with E-state index in [1.165, 1.54) is 37.0 Å². The smallest absolute Gasteiger partial charge is 0.408 e. The fourth-order valence-corrected chi connectivity index (χ4v) is 11.4. The zero-order valence-corrected chi connectivity index (χ0v) is 38.2. The van der Waals surface area contributed by atoms with Crippen LogP contribution in [0.4, 0.5) is 9.18 Å². The molecule has 17 nitrogen and oxygen atoms in total. The van der Waals surface area contributed by atoms with Crippen LogP contribution in [0.25, 0.3) is 0 Å². The molecule has 2 saturated heterocycles. The molecule has 4 aliphatic carbocycles. The number of carbonyl (C=O) groups is 7. The van der Waals surface area contributed by atoms with Crippen LogP contribution in [-0.2, 0) is 47.7 Å². The normalized spacial score (nSPS) is 36.0. The van der Waals surface area contributed by atoms with Crippen LogP contribution in [0.15, 0.2) is 23.8 Å². The van der Waals surface area contributed by atoms with Gasteiger partial charge in [0.25, 0.3) is 6.29 Å². The van der Waals surface area contributed by atoms with E-state index in [0.717, 1.165) is 0 Å². The molecule has 6 aliphatic rings. The van der Waals surface area contributed by atoms with E-state index in [4.69, 9.17) is 18.9 Å². The number of ether oxygens (including phenoxy) is 4. The summed E-state index contributed by atoms with van der Waals surface area (Å²) in [4.78, 5) is 94.6. The van der Waals surface area contributed by atoms with Crippen molar-refractivity contribution in [2.75, 3.05) is 6.54 Å². The summed E-state index contributed by atoms with van der Waals surface area (Å²) in [6, 6.07) is -4.57. The van der Waals surface area contributed by atoms with Crippen molar-refractivity contribution in [3.8, 4) is 0 Å². The molecule has 13 atom stereocenters. The maximum Gasteiger partial charge on any atom is 0.408 e. The van der Waals surface area contributed by atoms with E-state index < -0.39 is 129 Å². The molecule has 5 N–H and O–H groups in total. The van der Waals surface area contributed by atoms with Gasteiger partial charge in [0.05, 0.1) is 12.2 Å². The Bertz CT molecular complexity index is 1980. The van der Waals surface area contributed by atoms with Crippen LogP contribution in [0, 0.1) is 28.6 Å². The van der Waals surface area contributed by atoms with Gasteiger partial charge < -0.3 is 50.0 Å². The Morgan fingerprint density at radius 2 is 1.63 bits per heavy atom. The number of Topliss-reactive ketones (excluding diaryl/α,β-unsaturated/α-hetero) is 1. The number of aliphatic hydroxyl groups is 2. The molecule has 2 aliphatic heterocycles. The van der Waals surface area contributed by atoms with Crippen molar-refractivity contribution in [2.24, 2.45) is 28.6 Å². The Balaban J connectivity index is 1.15. The van der Waals surface area contributed by atoms with Gasteiger partial charge in [0.1, 0.15) is 29.8 Å². The lowest BCUT2D eigenvalue weighted by atomic mass is 9.44. The summed E-state index contributed by atoms with van der Waals surface area (Å²) in [5.41, 5.74) is -7.02. The van der Waals surface area contributed by atoms with E-state index in [0.29, 0.717) is 18.4 Å². The summed E-state index contributed by atoms with van der Waals surface area (Å²) >= 11 is 0. The molecule has 0 spiro atoms. The molecule has 5 unspecified atom stereocenters. The highest BCUT2D eigenvalue weighted by molar-refractivity contribution is 6.01. The van der Waals surface area contributed by atoms with Gasteiger partial charge in [-0.2, -0.15) is 0 Å². The van der Waals surface area contributed by atoms with Crippen molar-refractivity contribution >= 4 is 41.4 Å². The minimum atomic E-state index is -2.42. The summed E-state index contributed by atoms with van der Waals surface area (Å²) in [7, 11) is 0. The molecule has 0 bridgehead atoms. The molecule has 4 amide bonds. The number of aliphatic hydroxyl groups excluding tert-OH is 2. The van der Waals surface area contributed by atoms with Crippen LogP contribution in [0.3, 0.4) is 0 Å². The number of likely N-dealkylation sites (tertiary alicyclic amines) is 1. The molecule has 0 aromatic rings. The van der Waals surface area contributed by atoms with Crippen LogP contribution in [0.5, 0.6) is 0 Å². The average molecular weight is 889 g/mol. The minimum Gasteiger partial charge on any atom is -0.444 e. The molecule has 0 aromatic heterocycles. The minimum absolute atomic E-state index is 0.138. The highest BCUT2D eigenvalue weighted by Crippen LogP contribution is 2.72. The molecular formula is C45H65FN4O13. The Morgan fingerprint density at radius 3 is 2.27 bits per heavy atom. The zero-order valence-electron chi connectivity index (χ0n) is 38.2. The number of hydrogen-bond acceptors (Lipinski definition) is 13. The van der Waals surface area contributed by atoms with Crippen LogP contribution < -0.4 is 16.0 Å². The molecule has 6 rings (SSSR count). The summed E-state index contributed by atoms with van der Waals surface area (Å²) < 4.78 is 41.3. The van der Waals surface area contributed by atoms with E-state index in [9.17, 15) is 43.8 Å². The number of nitrogens with zero attached hydrogens (tertiary/aromatic N) is 1. The Labute approximate surface area is 367 Å². The number of alkyl carbamates (subject to hydrolysis) is 1. The number of amides is 4. The summed E-state index contributed by atoms with van der Waals surface area (Å²) in [5.74, 6) is -7.76. The lowest BCUT2D eigenvalue weighted by molar-refractivity contribution is -0.251. The fraction of sp³-hybridized carbons (Fsp3) is 0.756. The molecule has 350 valence electrons. The highest BCUT2D eigenvalue weighted by Gasteiger charge is 2.81. The third-order valence-electron chi connectivity index (χ3n) is 14.4. The average Bonchev–Trinajstić information content (AvgIpc) is 3.83. The number of nitrogens with one attached hydrogen (secondary N) is 3. The molecule has 0 aromatic carbocycles. The quantitative estimate of drug-likeness (QED) is 0.149. The van der Waals surface area contributed by atoms with Crippen molar-refractivity contribution in [3.05, 3.63) is 23.8 Å². The van der Waals surface area contributed by atoms with Gasteiger partial charge in [0, 0.05) is 23.3 Å². The molecule has 3 saturated carbocycles. The first-order valence-electron chi connectivity index (χ1n) is 22.1. The second kappa shape index (κ2) is 16.6. The second-order valence-corrected chi connectivity index (χ2v) is 20.5. The first kappa shape index (κ1) is 48.2. The fourth-order valence-electron chi connectivity index (χ4n) is 11.4. The predicted molar refractivity (Wildman–Crippen MR) is 222 cm³/mol. The van der Waals surface area contributed by atoms with Gasteiger partial charge in [-0.3, -0.25) is 24.0 Å². The number of alkyl halides is 1. The van der Waals surface area contributed by atoms with Gasteiger partial charge >= 0.3 is 12.1 Å². The largest absolute Gasteiger partial charge is 0.444 e. The van der Waals surface area contributed by atoms with E-state index in [2.05, 4.69) is 16.0 Å². The van der Waals surface area contributed by atoms with Crippen LogP contribution in [-0.4, -0.2) is 128 Å². The van der Waals surface area contributed by atoms with Gasteiger partial charge in [-0.05, 0) is 118 Å². The van der Waals surface area contributed by atoms with E-state index in [1.807, 2.05) is 0 Å². The van der Waals surface area contributed by atoms with Gasteiger partial charge in [0.15, 0.2) is 22.8 Å². The van der Waals surface area contributed by atoms with E-state index >= 15 is 4.39 Å². The molecule has 2 heterocycles. The Hall–Kier alpha value is -4.26. The van der Waals surface area contributed by atoms with Crippen LogP contribution in [0.1, 0.15) is 115 Å². The zero-order chi connectivity index (χ0) is 47.0. The third-order valence-corrected chi connectivity index (χ3v) is 14.4. The van der Waals surface area contributed by atoms with Gasteiger partial charge in [-0.25, -0.2) is 14.0 Å². The predicted octanol–water partition coefficient (Wildman–Crippen LogP) is 2.84. The first-order valence-corrected chi connectivity index (χ1v) is 22.1. The summed E-state index contributed by atoms with van der Waals surface area (Å²) in [5, 5.41) is 31.1. The number of rotatable bonds is 11. The third kappa shape index (κ3) is 8.22. The van der Waals surface area contributed by atoms with Gasteiger partial charge in [0.2, 0.25) is 23.5 Å². The SMILES string of the molecule is CC(C)[C@H](NC(=O)[C@@H]1CCCN1C(=O)[C@H](C)NC(=O)[C@H](C)NC(=O)OC(C)(C)C)C(=O)OC(O)C(=O)[C@@]12OC(C)(C)OC1CC1C3CCC4=CC(=O)C=C[C@]4(C)C3(F)[C@@H](O)C[C@@]12C. The van der Waals surface area contributed by atoms with Crippen LogP contribution in [0.2, 0.25) is 0 Å². The second-order valence-electron chi connectivity index (χ2n) is 20.5. The first-order chi connectivity index (χ1) is 29.0. The van der Waals surface area contributed by atoms with Crippen molar-refractivity contribution in [1.29, 1.82) is 0 Å². The number of esters is 1. The maximum atomic E-state index is 17.9. The number of allylic oxidation sites excluding steroid dienone is 4. The number of carbonyl (C=O) groups excluding carboxylic acids is 7. The van der Waals surface area contributed by atoms with Crippen molar-refractivity contribution < 1.29 is 67.1 Å². The van der Waals surface area contributed by atoms with E-state index in [-0.39, 0.29) is 38.0 Å².